The van der Waals surface area contributed by atoms with E-state index in [1.807, 2.05) is 24.3 Å². The Hall–Kier alpha value is -3.39. The highest BCUT2D eigenvalue weighted by atomic mass is 16.5. The summed E-state index contributed by atoms with van der Waals surface area (Å²) >= 11 is 0. The summed E-state index contributed by atoms with van der Waals surface area (Å²) in [6, 6.07) is 16.3. The summed E-state index contributed by atoms with van der Waals surface area (Å²) in [6.45, 7) is 0.816. The molecule has 34 heavy (non-hydrogen) atoms. The van der Waals surface area contributed by atoms with Crippen LogP contribution in [0.5, 0.6) is 0 Å². The van der Waals surface area contributed by atoms with Crippen molar-refractivity contribution in [1.82, 2.24) is 10.6 Å². The van der Waals surface area contributed by atoms with E-state index in [0.717, 1.165) is 28.7 Å². The summed E-state index contributed by atoms with van der Waals surface area (Å²) in [4.78, 5) is 36.7. The third-order valence-corrected chi connectivity index (χ3v) is 7.30. The molecule has 0 spiro atoms. The normalized spacial score (nSPS) is 22.2. The predicted molar refractivity (Wildman–Crippen MR) is 123 cm³/mol. The van der Waals surface area contributed by atoms with Crippen LogP contribution in [-0.2, 0) is 19.1 Å². The molecule has 8 heteroatoms. The molecule has 2 fully saturated rings. The second kappa shape index (κ2) is 9.10. The van der Waals surface area contributed by atoms with Gasteiger partial charge in [-0.1, -0.05) is 48.5 Å². The van der Waals surface area contributed by atoms with Gasteiger partial charge in [-0.3, -0.25) is 4.79 Å². The molecule has 178 valence electrons. The van der Waals surface area contributed by atoms with Crippen LogP contribution in [0.3, 0.4) is 0 Å². The van der Waals surface area contributed by atoms with Gasteiger partial charge >= 0.3 is 12.1 Å². The summed E-state index contributed by atoms with van der Waals surface area (Å²) in [5.74, 6) is -1.72. The highest BCUT2D eigenvalue weighted by molar-refractivity contribution is 5.90. The molecule has 0 bridgehead atoms. The average Bonchev–Trinajstić information content (AvgIpc) is 3.41. The number of nitrogens with one attached hydrogen (secondary N) is 2. The molecule has 1 aliphatic heterocycles. The van der Waals surface area contributed by atoms with E-state index in [1.165, 1.54) is 0 Å². The van der Waals surface area contributed by atoms with Crippen molar-refractivity contribution in [2.24, 2.45) is 5.92 Å². The average molecular weight is 465 g/mol. The topological polar surface area (TPSA) is 114 Å². The number of hydrogen-bond donors (Lipinski definition) is 3. The largest absolute Gasteiger partial charge is 0.480 e. The maximum Gasteiger partial charge on any atom is 0.407 e. The van der Waals surface area contributed by atoms with Gasteiger partial charge in [0.1, 0.15) is 18.2 Å². The molecule has 2 aromatic rings. The van der Waals surface area contributed by atoms with Gasteiger partial charge in [0.25, 0.3) is 0 Å². The predicted octanol–water partition coefficient (Wildman–Crippen LogP) is 3.05. The molecule has 5 rings (SSSR count). The van der Waals surface area contributed by atoms with E-state index in [-0.39, 0.29) is 25.0 Å². The first-order valence-electron chi connectivity index (χ1n) is 11.7. The quantitative estimate of drug-likeness (QED) is 0.580. The fourth-order valence-electron chi connectivity index (χ4n) is 5.23. The second-order valence-electron chi connectivity index (χ2n) is 9.28. The highest BCUT2D eigenvalue weighted by Gasteiger charge is 2.48. The fraction of sp³-hybridized carbons (Fsp3) is 0.423. The Morgan fingerprint density at radius 2 is 1.68 bits per heavy atom. The van der Waals surface area contributed by atoms with E-state index < -0.39 is 29.6 Å². The van der Waals surface area contributed by atoms with Gasteiger partial charge in [0.2, 0.25) is 5.91 Å². The molecule has 1 heterocycles. The van der Waals surface area contributed by atoms with Gasteiger partial charge in [-0.2, -0.15) is 0 Å². The van der Waals surface area contributed by atoms with Gasteiger partial charge in [0, 0.05) is 25.0 Å². The number of carbonyl (C=O) groups is 3. The van der Waals surface area contributed by atoms with Crippen LogP contribution >= 0.6 is 0 Å². The van der Waals surface area contributed by atoms with Crippen molar-refractivity contribution in [2.75, 3.05) is 19.8 Å². The zero-order chi connectivity index (χ0) is 23.7. The van der Waals surface area contributed by atoms with Gasteiger partial charge in [0.15, 0.2) is 0 Å². The van der Waals surface area contributed by atoms with Crippen LogP contribution in [0.1, 0.15) is 42.7 Å². The number of rotatable bonds is 7. The molecule has 3 N–H and O–H groups in total. The number of hydrogen-bond acceptors (Lipinski definition) is 5. The number of amides is 2. The molecular weight excluding hydrogens is 436 g/mol. The zero-order valence-corrected chi connectivity index (χ0v) is 18.8. The number of ether oxygens (including phenoxy) is 2. The maximum atomic E-state index is 12.7. The van der Waals surface area contributed by atoms with Crippen molar-refractivity contribution in [3.63, 3.8) is 0 Å². The number of aliphatic carboxylic acids is 1. The lowest BCUT2D eigenvalue weighted by atomic mass is 9.76. The zero-order valence-electron chi connectivity index (χ0n) is 18.8. The van der Waals surface area contributed by atoms with Gasteiger partial charge in [-0.25, -0.2) is 9.59 Å². The van der Waals surface area contributed by atoms with E-state index in [0.29, 0.717) is 25.9 Å². The van der Waals surface area contributed by atoms with E-state index >= 15 is 0 Å². The van der Waals surface area contributed by atoms with Crippen molar-refractivity contribution in [3.05, 3.63) is 59.7 Å². The maximum absolute atomic E-state index is 12.7. The fourth-order valence-corrected chi connectivity index (χ4v) is 5.23. The summed E-state index contributed by atoms with van der Waals surface area (Å²) in [5, 5.41) is 14.9. The molecule has 8 nitrogen and oxygen atoms in total. The first-order chi connectivity index (χ1) is 16.5. The number of carboxylic acid groups (broad SMARTS) is 1. The standard InChI is InChI=1S/C26H28N2O6/c29-23(28-26(24(30)31)11-5-12-26)22-16(10-13-33-22)14-27-25(32)34-15-21-19-8-3-1-6-17(19)18-7-2-4-9-20(18)21/h1-4,6-9,16,21-22H,5,10-15H2,(H,27,32)(H,28,29)(H,30,31)/t16-,22-/m1/s1. The molecule has 0 aromatic heterocycles. The number of fused-ring (bicyclic) bond motifs is 3. The van der Waals surface area contributed by atoms with Gasteiger partial charge < -0.3 is 25.2 Å². The molecule has 1 saturated carbocycles. The summed E-state index contributed by atoms with van der Waals surface area (Å²) < 4.78 is 11.1. The van der Waals surface area contributed by atoms with Crippen LogP contribution in [0.2, 0.25) is 0 Å². The van der Waals surface area contributed by atoms with Gasteiger partial charge in [-0.05, 0) is 47.9 Å². The Morgan fingerprint density at radius 1 is 1.03 bits per heavy atom. The van der Waals surface area contributed by atoms with Crippen molar-refractivity contribution < 1.29 is 29.0 Å². The SMILES string of the molecule is O=C(NC[C@H]1CCO[C@H]1C(=O)NC1(C(=O)O)CCC1)OCC1c2ccccc2-c2ccccc21. The molecule has 3 aliphatic rings. The smallest absolute Gasteiger partial charge is 0.407 e. The Kier molecular flexibility index (Phi) is 6.00. The molecule has 1 saturated heterocycles. The van der Waals surface area contributed by atoms with Crippen molar-refractivity contribution in [2.45, 2.75) is 43.2 Å². The van der Waals surface area contributed by atoms with E-state index in [1.54, 1.807) is 0 Å². The van der Waals surface area contributed by atoms with Crippen LogP contribution in [0.15, 0.2) is 48.5 Å². The number of carboxylic acids is 1. The summed E-state index contributed by atoms with van der Waals surface area (Å²) in [6.07, 6.45) is 0.874. The van der Waals surface area contributed by atoms with E-state index in [2.05, 4.69) is 34.9 Å². The summed E-state index contributed by atoms with van der Waals surface area (Å²) in [5.41, 5.74) is 3.42. The van der Waals surface area contributed by atoms with Crippen LogP contribution in [0.4, 0.5) is 4.79 Å². The highest BCUT2D eigenvalue weighted by Crippen LogP contribution is 2.44. The van der Waals surface area contributed by atoms with Crippen LogP contribution in [-0.4, -0.2) is 54.5 Å². The Morgan fingerprint density at radius 3 is 2.26 bits per heavy atom. The molecule has 0 unspecified atom stereocenters. The lowest BCUT2D eigenvalue weighted by Gasteiger charge is -2.39. The summed E-state index contributed by atoms with van der Waals surface area (Å²) in [7, 11) is 0. The lowest BCUT2D eigenvalue weighted by Crippen LogP contribution is -2.61. The molecular formula is C26H28N2O6. The number of alkyl carbamates (subject to hydrolysis) is 1. The minimum absolute atomic E-state index is 0.0267. The number of benzene rings is 2. The Balaban J connectivity index is 1.15. The first-order valence-corrected chi connectivity index (χ1v) is 11.7. The Bertz CT molecular complexity index is 1070. The van der Waals surface area contributed by atoms with E-state index in [9.17, 15) is 19.5 Å². The van der Waals surface area contributed by atoms with Crippen LogP contribution in [0.25, 0.3) is 11.1 Å². The first kappa shape index (κ1) is 22.4. The monoisotopic (exact) mass is 464 g/mol. The molecule has 2 amide bonds. The number of carbonyl (C=O) groups excluding carboxylic acids is 2. The van der Waals surface area contributed by atoms with Crippen LogP contribution in [0, 0.1) is 5.92 Å². The lowest BCUT2D eigenvalue weighted by molar-refractivity contribution is -0.154. The van der Waals surface area contributed by atoms with Crippen molar-refractivity contribution >= 4 is 18.0 Å². The molecule has 2 atom stereocenters. The molecule has 2 aromatic carbocycles. The third kappa shape index (κ3) is 4.03. The minimum atomic E-state index is -1.19. The third-order valence-electron chi connectivity index (χ3n) is 7.30. The van der Waals surface area contributed by atoms with E-state index in [4.69, 9.17) is 9.47 Å². The van der Waals surface area contributed by atoms with Gasteiger partial charge in [0.05, 0.1) is 0 Å². The van der Waals surface area contributed by atoms with Crippen molar-refractivity contribution in [1.29, 1.82) is 0 Å². The van der Waals surface area contributed by atoms with Crippen molar-refractivity contribution in [3.8, 4) is 11.1 Å². The molecule has 0 radical (unpaired) electrons. The molecule has 2 aliphatic carbocycles. The van der Waals surface area contributed by atoms with Crippen LogP contribution < -0.4 is 10.6 Å². The Labute approximate surface area is 197 Å². The second-order valence-corrected chi connectivity index (χ2v) is 9.28. The minimum Gasteiger partial charge on any atom is -0.480 e. The van der Waals surface area contributed by atoms with Gasteiger partial charge in [-0.15, -0.1) is 0 Å².